The molecule has 1 N–H and O–H groups in total. The highest BCUT2D eigenvalue weighted by Gasteiger charge is 2.24. The molecule has 10 heteroatoms. The standard InChI is InChI=1S/C17H21N3O6S/c1-24-12-6-8-13(9-7-12)27(22,23)11-3-5-15(21)18-17-20-19-16(26-17)14-4-2-10-25-14/h6-9,14H,2-5,10-11H2,1H3,(H,18,20,21)/t14-/m1/s1. The summed E-state index contributed by atoms with van der Waals surface area (Å²) < 4.78 is 40.4. The third-order valence-electron chi connectivity index (χ3n) is 4.13. The molecule has 1 atom stereocenters. The predicted octanol–water partition coefficient (Wildman–Crippen LogP) is 2.12. The number of hydrogen-bond acceptors (Lipinski definition) is 8. The molecule has 1 saturated heterocycles. The first kappa shape index (κ1) is 19.3. The number of amides is 1. The highest BCUT2D eigenvalue weighted by Crippen LogP contribution is 2.28. The van der Waals surface area contributed by atoms with Crippen LogP contribution in [0.25, 0.3) is 0 Å². The first-order valence-electron chi connectivity index (χ1n) is 8.59. The number of aromatic nitrogens is 2. The largest absolute Gasteiger partial charge is 0.497 e. The molecule has 2 aromatic rings. The van der Waals surface area contributed by atoms with Crippen LogP contribution in [0.2, 0.25) is 0 Å². The molecule has 3 rings (SSSR count). The highest BCUT2D eigenvalue weighted by atomic mass is 32.2. The van der Waals surface area contributed by atoms with Crippen molar-refractivity contribution < 1.29 is 27.1 Å². The molecule has 0 aliphatic carbocycles. The molecular weight excluding hydrogens is 374 g/mol. The van der Waals surface area contributed by atoms with Gasteiger partial charge in [0.1, 0.15) is 11.9 Å². The maximum Gasteiger partial charge on any atom is 0.322 e. The maximum absolute atomic E-state index is 12.3. The van der Waals surface area contributed by atoms with Gasteiger partial charge >= 0.3 is 6.01 Å². The molecular formula is C17H21N3O6S. The monoisotopic (exact) mass is 395 g/mol. The Labute approximate surface area is 157 Å². The molecule has 0 unspecified atom stereocenters. The van der Waals surface area contributed by atoms with E-state index in [0.717, 1.165) is 12.8 Å². The second kappa shape index (κ2) is 8.49. The quantitative estimate of drug-likeness (QED) is 0.721. The van der Waals surface area contributed by atoms with E-state index in [1.165, 1.54) is 19.2 Å². The van der Waals surface area contributed by atoms with Gasteiger partial charge in [0.2, 0.25) is 11.8 Å². The van der Waals surface area contributed by atoms with Gasteiger partial charge in [-0.15, -0.1) is 5.10 Å². The summed E-state index contributed by atoms with van der Waals surface area (Å²) in [4.78, 5) is 12.2. The van der Waals surface area contributed by atoms with Crippen LogP contribution < -0.4 is 10.1 Å². The number of nitrogens with one attached hydrogen (secondary N) is 1. The molecule has 1 amide bonds. The van der Waals surface area contributed by atoms with Gasteiger partial charge in [-0.1, -0.05) is 5.10 Å². The average molecular weight is 395 g/mol. The lowest BCUT2D eigenvalue weighted by Gasteiger charge is -2.06. The minimum atomic E-state index is -3.46. The van der Waals surface area contributed by atoms with Crippen molar-refractivity contribution in [3.05, 3.63) is 30.2 Å². The van der Waals surface area contributed by atoms with Crippen LogP contribution in [-0.4, -0.2) is 44.0 Å². The van der Waals surface area contributed by atoms with E-state index < -0.39 is 9.84 Å². The van der Waals surface area contributed by atoms with Crippen molar-refractivity contribution in [2.24, 2.45) is 0 Å². The fourth-order valence-electron chi connectivity index (χ4n) is 2.69. The van der Waals surface area contributed by atoms with Crippen molar-refractivity contribution in [2.75, 3.05) is 24.8 Å². The fraction of sp³-hybridized carbons (Fsp3) is 0.471. The SMILES string of the molecule is COc1ccc(S(=O)(=O)CCCC(=O)Nc2nnc([C@H]3CCCO3)o2)cc1. The minimum Gasteiger partial charge on any atom is -0.497 e. The Kier molecular flexibility index (Phi) is 6.07. The van der Waals surface area contributed by atoms with Crippen LogP contribution in [0, 0.1) is 0 Å². The van der Waals surface area contributed by atoms with Crippen LogP contribution in [0.4, 0.5) is 6.01 Å². The summed E-state index contributed by atoms with van der Waals surface area (Å²) in [7, 11) is -1.96. The molecule has 27 heavy (non-hydrogen) atoms. The Bertz CT molecular complexity index is 872. The number of nitrogens with zero attached hydrogens (tertiary/aromatic N) is 2. The number of ether oxygens (including phenoxy) is 2. The molecule has 0 radical (unpaired) electrons. The van der Waals surface area contributed by atoms with E-state index >= 15 is 0 Å². The molecule has 2 heterocycles. The summed E-state index contributed by atoms with van der Waals surface area (Å²) in [5, 5.41) is 10.1. The molecule has 1 aliphatic rings. The molecule has 146 valence electrons. The van der Waals surface area contributed by atoms with E-state index in [0.29, 0.717) is 18.2 Å². The number of rotatable bonds is 8. The van der Waals surface area contributed by atoms with Gasteiger partial charge in [0.15, 0.2) is 9.84 Å². The summed E-state index contributed by atoms with van der Waals surface area (Å²) in [6.45, 7) is 0.650. The van der Waals surface area contributed by atoms with Gasteiger partial charge in [0.25, 0.3) is 0 Å². The fourth-order valence-corrected chi connectivity index (χ4v) is 4.00. The van der Waals surface area contributed by atoms with Gasteiger partial charge in [-0.3, -0.25) is 10.1 Å². The van der Waals surface area contributed by atoms with Gasteiger partial charge in [-0.05, 0) is 43.5 Å². The van der Waals surface area contributed by atoms with Gasteiger partial charge < -0.3 is 13.9 Å². The topological polar surface area (TPSA) is 121 Å². The summed E-state index contributed by atoms with van der Waals surface area (Å²) in [6.07, 6.45) is 1.70. The third kappa shape index (κ3) is 5.04. The molecule has 0 spiro atoms. The second-order valence-electron chi connectivity index (χ2n) is 6.09. The van der Waals surface area contributed by atoms with E-state index in [9.17, 15) is 13.2 Å². The molecule has 9 nitrogen and oxygen atoms in total. The molecule has 1 aromatic carbocycles. The number of methoxy groups -OCH3 is 1. The summed E-state index contributed by atoms with van der Waals surface area (Å²) in [6, 6.07) is 6.13. The summed E-state index contributed by atoms with van der Waals surface area (Å²) >= 11 is 0. The van der Waals surface area contributed by atoms with Crippen LogP contribution in [0.15, 0.2) is 33.6 Å². The number of carbonyl (C=O) groups is 1. The van der Waals surface area contributed by atoms with Crippen LogP contribution in [0.1, 0.15) is 37.7 Å². The van der Waals surface area contributed by atoms with Crippen molar-refractivity contribution in [1.29, 1.82) is 0 Å². The number of anilines is 1. The lowest BCUT2D eigenvalue weighted by Crippen LogP contribution is -2.14. The lowest BCUT2D eigenvalue weighted by molar-refractivity contribution is -0.116. The number of benzene rings is 1. The van der Waals surface area contributed by atoms with Gasteiger partial charge in [0, 0.05) is 13.0 Å². The van der Waals surface area contributed by atoms with Crippen molar-refractivity contribution in [3.63, 3.8) is 0 Å². The normalized spacial score (nSPS) is 17.0. The van der Waals surface area contributed by atoms with Crippen LogP contribution in [-0.2, 0) is 19.4 Å². The Morgan fingerprint density at radius 1 is 1.30 bits per heavy atom. The van der Waals surface area contributed by atoms with E-state index in [1.54, 1.807) is 12.1 Å². The number of hydrogen-bond donors (Lipinski definition) is 1. The number of sulfone groups is 1. The Balaban J connectivity index is 1.47. The average Bonchev–Trinajstić information content (AvgIpc) is 3.33. The second-order valence-corrected chi connectivity index (χ2v) is 8.20. The van der Waals surface area contributed by atoms with Crippen LogP contribution >= 0.6 is 0 Å². The summed E-state index contributed by atoms with van der Waals surface area (Å²) in [5.74, 6) is 0.389. The molecule has 1 fully saturated rings. The van der Waals surface area contributed by atoms with Crippen molar-refractivity contribution in [3.8, 4) is 5.75 Å². The van der Waals surface area contributed by atoms with Crippen molar-refractivity contribution in [1.82, 2.24) is 10.2 Å². The maximum atomic E-state index is 12.3. The van der Waals surface area contributed by atoms with Gasteiger partial charge in [-0.25, -0.2) is 8.42 Å². The molecule has 1 aliphatic heterocycles. The van der Waals surface area contributed by atoms with E-state index in [-0.39, 0.29) is 41.5 Å². The van der Waals surface area contributed by atoms with Gasteiger partial charge in [-0.2, -0.15) is 0 Å². The third-order valence-corrected chi connectivity index (χ3v) is 5.94. The Morgan fingerprint density at radius 2 is 2.07 bits per heavy atom. The van der Waals surface area contributed by atoms with Gasteiger partial charge in [0.05, 0.1) is 17.8 Å². The van der Waals surface area contributed by atoms with E-state index in [1.807, 2.05) is 0 Å². The zero-order valence-electron chi connectivity index (χ0n) is 14.9. The van der Waals surface area contributed by atoms with Crippen LogP contribution in [0.5, 0.6) is 5.75 Å². The Hall–Kier alpha value is -2.46. The van der Waals surface area contributed by atoms with Crippen LogP contribution in [0.3, 0.4) is 0 Å². The number of carbonyl (C=O) groups excluding carboxylic acids is 1. The zero-order valence-corrected chi connectivity index (χ0v) is 15.7. The minimum absolute atomic E-state index is 0.0106. The predicted molar refractivity (Wildman–Crippen MR) is 95.1 cm³/mol. The first-order chi connectivity index (χ1) is 13.0. The molecule has 0 saturated carbocycles. The Morgan fingerprint density at radius 3 is 2.74 bits per heavy atom. The molecule has 1 aromatic heterocycles. The van der Waals surface area contributed by atoms with E-state index in [4.69, 9.17) is 13.9 Å². The highest BCUT2D eigenvalue weighted by molar-refractivity contribution is 7.91. The zero-order chi connectivity index (χ0) is 19.3. The van der Waals surface area contributed by atoms with Crippen molar-refractivity contribution >= 4 is 21.8 Å². The van der Waals surface area contributed by atoms with E-state index in [2.05, 4.69) is 15.5 Å². The first-order valence-corrected chi connectivity index (χ1v) is 10.2. The lowest BCUT2D eigenvalue weighted by atomic mass is 10.2. The van der Waals surface area contributed by atoms with Crippen molar-refractivity contribution in [2.45, 2.75) is 36.7 Å². The molecule has 0 bridgehead atoms. The summed E-state index contributed by atoms with van der Waals surface area (Å²) in [5.41, 5.74) is 0. The smallest absolute Gasteiger partial charge is 0.322 e.